The summed E-state index contributed by atoms with van der Waals surface area (Å²) in [4.78, 5) is 10.2. The van der Waals surface area contributed by atoms with Crippen LogP contribution in [0.15, 0.2) is 18.2 Å². The number of hydrogen-bond donors (Lipinski definition) is 2. The monoisotopic (exact) mass is 182 g/mol. The van der Waals surface area contributed by atoms with E-state index in [4.69, 9.17) is 9.84 Å². The molecule has 2 N–H and O–H groups in total. The number of aryl methyl sites for hydroxylation is 1. The summed E-state index contributed by atoms with van der Waals surface area (Å²) < 4.78 is 4.83. The van der Waals surface area contributed by atoms with E-state index >= 15 is 0 Å². The zero-order valence-electron chi connectivity index (χ0n) is 7.15. The summed E-state index contributed by atoms with van der Waals surface area (Å²) >= 11 is 0. The van der Waals surface area contributed by atoms with Gasteiger partial charge < -0.3 is 14.9 Å². The number of carboxylic acid groups (broad SMARTS) is 1. The highest BCUT2D eigenvalue weighted by atomic mass is 16.5. The van der Waals surface area contributed by atoms with Crippen LogP contribution >= 0.6 is 0 Å². The minimum atomic E-state index is -1.07. The Morgan fingerprint density at radius 1 is 1.54 bits per heavy atom. The molecule has 0 fully saturated rings. The van der Waals surface area contributed by atoms with Gasteiger partial charge in [-0.15, -0.1) is 0 Å². The van der Waals surface area contributed by atoms with Crippen molar-refractivity contribution in [2.24, 2.45) is 0 Å². The average molecular weight is 182 g/mol. The molecule has 0 aliphatic heterocycles. The highest BCUT2D eigenvalue weighted by Crippen LogP contribution is 2.26. The van der Waals surface area contributed by atoms with Crippen LogP contribution in [0.25, 0.3) is 0 Å². The molecule has 1 rings (SSSR count). The lowest BCUT2D eigenvalue weighted by atomic mass is 10.2. The third-order valence-corrected chi connectivity index (χ3v) is 1.47. The van der Waals surface area contributed by atoms with Crippen molar-refractivity contribution in [3.63, 3.8) is 0 Å². The van der Waals surface area contributed by atoms with Gasteiger partial charge in [-0.3, -0.25) is 0 Å². The first-order valence-electron chi connectivity index (χ1n) is 3.74. The number of hydrogen-bond acceptors (Lipinski definition) is 3. The Labute approximate surface area is 75.4 Å². The summed E-state index contributed by atoms with van der Waals surface area (Å²) in [6.07, 6.45) is 0. The van der Waals surface area contributed by atoms with Crippen molar-refractivity contribution in [3.8, 4) is 11.5 Å². The molecule has 0 aromatic heterocycles. The summed E-state index contributed by atoms with van der Waals surface area (Å²) in [5.41, 5.74) is 0.901. The molecule has 0 aliphatic carbocycles. The lowest BCUT2D eigenvalue weighted by Crippen LogP contribution is -2.09. The molecule has 0 heterocycles. The maximum Gasteiger partial charge on any atom is 0.341 e. The van der Waals surface area contributed by atoms with E-state index in [-0.39, 0.29) is 11.5 Å². The molecule has 0 spiro atoms. The average Bonchev–Trinajstić information content (AvgIpc) is 2.06. The van der Waals surface area contributed by atoms with Crippen LogP contribution in [0, 0.1) is 6.92 Å². The Morgan fingerprint density at radius 2 is 2.23 bits per heavy atom. The zero-order valence-corrected chi connectivity index (χ0v) is 7.15. The number of carbonyl (C=O) groups is 1. The van der Waals surface area contributed by atoms with Gasteiger partial charge in [0, 0.05) is 0 Å². The quantitative estimate of drug-likeness (QED) is 0.736. The fraction of sp³-hybridized carbons (Fsp3) is 0.222. The Kier molecular flexibility index (Phi) is 2.74. The van der Waals surface area contributed by atoms with Crippen molar-refractivity contribution in [2.45, 2.75) is 6.92 Å². The van der Waals surface area contributed by atoms with Crippen molar-refractivity contribution in [3.05, 3.63) is 23.8 Å². The highest BCUT2D eigenvalue weighted by Gasteiger charge is 2.04. The van der Waals surface area contributed by atoms with Gasteiger partial charge in [-0.2, -0.15) is 0 Å². The molecule has 70 valence electrons. The maximum absolute atomic E-state index is 10.2. The number of aliphatic carboxylic acids is 1. The number of phenolic OH excluding ortho intramolecular Hbond substituents is 1. The van der Waals surface area contributed by atoms with E-state index in [0.717, 1.165) is 5.56 Å². The second kappa shape index (κ2) is 3.80. The van der Waals surface area contributed by atoms with E-state index in [1.807, 2.05) is 6.92 Å². The minimum Gasteiger partial charge on any atom is -0.504 e. The van der Waals surface area contributed by atoms with E-state index in [2.05, 4.69) is 0 Å². The third kappa shape index (κ3) is 2.66. The Balaban J connectivity index is 2.75. The summed E-state index contributed by atoms with van der Waals surface area (Å²) in [6, 6.07) is 4.76. The lowest BCUT2D eigenvalue weighted by molar-refractivity contribution is -0.139. The number of aromatic hydroxyl groups is 1. The van der Waals surface area contributed by atoms with Crippen molar-refractivity contribution in [1.82, 2.24) is 0 Å². The Morgan fingerprint density at radius 3 is 2.85 bits per heavy atom. The zero-order chi connectivity index (χ0) is 9.84. The topological polar surface area (TPSA) is 66.8 Å². The Bertz CT molecular complexity index is 319. The summed E-state index contributed by atoms with van der Waals surface area (Å²) in [6.45, 7) is 1.38. The predicted molar refractivity (Wildman–Crippen MR) is 46.0 cm³/mol. The first-order valence-corrected chi connectivity index (χ1v) is 3.74. The van der Waals surface area contributed by atoms with Crippen LogP contribution in [-0.4, -0.2) is 22.8 Å². The first-order chi connectivity index (χ1) is 6.09. The molecule has 0 unspecified atom stereocenters. The van der Waals surface area contributed by atoms with Crippen LogP contribution in [0.4, 0.5) is 0 Å². The van der Waals surface area contributed by atoms with Gasteiger partial charge in [-0.25, -0.2) is 4.79 Å². The molecule has 0 aliphatic rings. The first kappa shape index (κ1) is 9.38. The van der Waals surface area contributed by atoms with Gasteiger partial charge in [0.1, 0.15) is 0 Å². The molecule has 0 saturated carbocycles. The molecule has 0 bridgehead atoms. The number of ether oxygens (including phenoxy) is 1. The van der Waals surface area contributed by atoms with Crippen LogP contribution in [0.5, 0.6) is 11.5 Å². The van der Waals surface area contributed by atoms with Crippen molar-refractivity contribution < 1.29 is 19.7 Å². The van der Waals surface area contributed by atoms with Gasteiger partial charge in [0.25, 0.3) is 0 Å². The standard InChI is InChI=1S/C9H10O4/c1-6-2-3-7(10)8(4-6)13-5-9(11)12/h2-4,10H,5H2,1H3,(H,11,12). The van der Waals surface area contributed by atoms with Crippen molar-refractivity contribution in [1.29, 1.82) is 0 Å². The van der Waals surface area contributed by atoms with Gasteiger partial charge in [-0.05, 0) is 24.6 Å². The molecule has 4 heteroatoms. The molecule has 0 saturated heterocycles. The summed E-state index contributed by atoms with van der Waals surface area (Å²) in [7, 11) is 0. The van der Waals surface area contributed by atoms with Gasteiger partial charge in [-0.1, -0.05) is 6.07 Å². The van der Waals surface area contributed by atoms with E-state index in [1.165, 1.54) is 6.07 Å². The van der Waals surface area contributed by atoms with Gasteiger partial charge in [0.15, 0.2) is 18.1 Å². The number of carboxylic acids is 1. The molecule has 4 nitrogen and oxygen atoms in total. The number of benzene rings is 1. The van der Waals surface area contributed by atoms with Crippen molar-refractivity contribution in [2.75, 3.05) is 6.61 Å². The molecule has 1 aromatic rings. The minimum absolute atomic E-state index is 0.0492. The molecule has 0 amide bonds. The maximum atomic E-state index is 10.2. The molecule has 0 radical (unpaired) electrons. The summed E-state index contributed by atoms with van der Waals surface area (Å²) in [5.74, 6) is -0.921. The smallest absolute Gasteiger partial charge is 0.341 e. The van der Waals surface area contributed by atoms with Crippen LogP contribution in [0.1, 0.15) is 5.56 Å². The number of phenols is 1. The van der Waals surface area contributed by atoms with E-state index in [9.17, 15) is 9.90 Å². The van der Waals surface area contributed by atoms with Crippen LogP contribution in [0.2, 0.25) is 0 Å². The largest absolute Gasteiger partial charge is 0.504 e. The fourth-order valence-corrected chi connectivity index (χ4v) is 0.876. The van der Waals surface area contributed by atoms with E-state index < -0.39 is 12.6 Å². The second-order valence-corrected chi connectivity index (χ2v) is 2.65. The van der Waals surface area contributed by atoms with Crippen LogP contribution in [0.3, 0.4) is 0 Å². The van der Waals surface area contributed by atoms with E-state index in [0.29, 0.717) is 0 Å². The van der Waals surface area contributed by atoms with Crippen LogP contribution < -0.4 is 4.74 Å². The molecule has 13 heavy (non-hydrogen) atoms. The molecule has 1 aromatic carbocycles. The molecular weight excluding hydrogens is 172 g/mol. The third-order valence-electron chi connectivity index (χ3n) is 1.47. The van der Waals surface area contributed by atoms with Crippen molar-refractivity contribution >= 4 is 5.97 Å². The van der Waals surface area contributed by atoms with Gasteiger partial charge in [0.2, 0.25) is 0 Å². The van der Waals surface area contributed by atoms with Crippen LogP contribution in [-0.2, 0) is 4.79 Å². The number of rotatable bonds is 3. The van der Waals surface area contributed by atoms with Gasteiger partial charge >= 0.3 is 5.97 Å². The molecular formula is C9H10O4. The molecule has 0 atom stereocenters. The second-order valence-electron chi connectivity index (χ2n) is 2.65. The predicted octanol–water partition coefficient (Wildman–Crippen LogP) is 1.16. The summed E-state index contributed by atoms with van der Waals surface area (Å²) in [5, 5.41) is 17.6. The van der Waals surface area contributed by atoms with Gasteiger partial charge in [0.05, 0.1) is 0 Å². The Hall–Kier alpha value is -1.71. The fourth-order valence-electron chi connectivity index (χ4n) is 0.876. The van der Waals surface area contributed by atoms with E-state index in [1.54, 1.807) is 12.1 Å². The highest BCUT2D eigenvalue weighted by molar-refractivity contribution is 5.68. The normalized spacial score (nSPS) is 9.62. The SMILES string of the molecule is Cc1ccc(O)c(OCC(=O)O)c1. The lowest BCUT2D eigenvalue weighted by Gasteiger charge is -2.05.